The van der Waals surface area contributed by atoms with Gasteiger partial charge < -0.3 is 14.7 Å². The number of amides is 1. The first-order chi connectivity index (χ1) is 9.56. The molecule has 110 valence electrons. The lowest BCUT2D eigenvalue weighted by Gasteiger charge is -2.29. The number of pyridine rings is 1. The van der Waals surface area contributed by atoms with Crippen molar-refractivity contribution < 1.29 is 23.4 Å². The van der Waals surface area contributed by atoms with Gasteiger partial charge in [0.2, 0.25) is 0 Å². The molecule has 0 saturated carbocycles. The van der Waals surface area contributed by atoms with Gasteiger partial charge in [0, 0.05) is 25.4 Å². The Hall–Kier alpha value is -1.76. The number of hydrogen-bond donors (Lipinski definition) is 1. The van der Waals surface area contributed by atoms with E-state index < -0.39 is 19.1 Å². The van der Waals surface area contributed by atoms with Crippen molar-refractivity contribution in [1.29, 1.82) is 0 Å². The Morgan fingerprint density at radius 3 is 3.10 bits per heavy atom. The van der Waals surface area contributed by atoms with Crippen LogP contribution >= 0.6 is 0 Å². The number of halogens is 2. The molecular formula is C13H16F2N2O3. The van der Waals surface area contributed by atoms with Crippen LogP contribution in [0.15, 0.2) is 18.3 Å². The van der Waals surface area contributed by atoms with Gasteiger partial charge in [-0.15, -0.1) is 0 Å². The predicted octanol–water partition coefficient (Wildman–Crippen LogP) is 1.32. The molecule has 0 aliphatic carbocycles. The molecule has 0 aromatic carbocycles. The van der Waals surface area contributed by atoms with Crippen LogP contribution in [-0.2, 0) is 0 Å². The van der Waals surface area contributed by atoms with Crippen LogP contribution in [0.4, 0.5) is 8.78 Å². The Kier molecular flexibility index (Phi) is 4.84. The zero-order valence-corrected chi connectivity index (χ0v) is 10.8. The second-order valence-corrected chi connectivity index (χ2v) is 4.63. The number of nitrogens with zero attached hydrogens (tertiary/aromatic N) is 2. The lowest BCUT2D eigenvalue weighted by Crippen LogP contribution is -2.42. The lowest BCUT2D eigenvalue weighted by molar-refractivity contribution is 0.0468. The molecule has 2 heterocycles. The number of rotatable bonds is 4. The molecular weight excluding hydrogens is 270 g/mol. The molecule has 0 radical (unpaired) electrons. The maximum atomic E-state index is 12.2. The predicted molar refractivity (Wildman–Crippen MR) is 66.9 cm³/mol. The minimum Gasteiger partial charge on any atom is -0.488 e. The maximum Gasteiger partial charge on any atom is 0.272 e. The highest BCUT2D eigenvalue weighted by Gasteiger charge is 2.24. The van der Waals surface area contributed by atoms with Crippen LogP contribution in [0.2, 0.25) is 0 Å². The quantitative estimate of drug-likeness (QED) is 0.907. The van der Waals surface area contributed by atoms with Gasteiger partial charge in [-0.2, -0.15) is 0 Å². The third-order valence-corrected chi connectivity index (χ3v) is 3.01. The van der Waals surface area contributed by atoms with E-state index in [1.807, 2.05) is 0 Å². The van der Waals surface area contributed by atoms with Gasteiger partial charge in [0.15, 0.2) is 0 Å². The second kappa shape index (κ2) is 6.60. The van der Waals surface area contributed by atoms with Gasteiger partial charge in [0.1, 0.15) is 18.1 Å². The van der Waals surface area contributed by atoms with E-state index in [2.05, 4.69) is 4.98 Å². The number of piperidine rings is 1. The molecule has 1 unspecified atom stereocenters. The number of carbonyl (C=O) groups excluding carboxylic acids is 1. The summed E-state index contributed by atoms with van der Waals surface area (Å²) in [6.07, 6.45) is -0.344. The van der Waals surface area contributed by atoms with Crippen LogP contribution in [0.3, 0.4) is 0 Å². The molecule has 0 bridgehead atoms. The Bertz CT molecular complexity index is 471. The third-order valence-electron chi connectivity index (χ3n) is 3.01. The van der Waals surface area contributed by atoms with Gasteiger partial charge in [-0.1, -0.05) is 0 Å². The third kappa shape index (κ3) is 3.86. The van der Waals surface area contributed by atoms with Gasteiger partial charge in [-0.05, 0) is 18.9 Å². The summed E-state index contributed by atoms with van der Waals surface area (Å²) in [6, 6.07) is 2.76. The number of aliphatic hydroxyl groups excluding tert-OH is 1. The minimum atomic E-state index is -2.57. The molecule has 1 aromatic heterocycles. The number of hydrogen-bond acceptors (Lipinski definition) is 4. The summed E-state index contributed by atoms with van der Waals surface area (Å²) in [5.41, 5.74) is 0.130. The average Bonchev–Trinajstić information content (AvgIpc) is 2.44. The van der Waals surface area contributed by atoms with E-state index in [1.165, 1.54) is 23.2 Å². The fraction of sp³-hybridized carbons (Fsp3) is 0.538. The lowest BCUT2D eigenvalue weighted by atomic mass is 10.1. The summed E-state index contributed by atoms with van der Waals surface area (Å²) in [7, 11) is 0. The van der Waals surface area contributed by atoms with Crippen molar-refractivity contribution >= 4 is 5.91 Å². The topological polar surface area (TPSA) is 62.7 Å². The van der Waals surface area contributed by atoms with E-state index in [9.17, 15) is 18.7 Å². The van der Waals surface area contributed by atoms with Crippen LogP contribution < -0.4 is 4.74 Å². The first kappa shape index (κ1) is 14.6. The summed E-state index contributed by atoms with van der Waals surface area (Å²) < 4.78 is 29.0. The molecule has 1 aliphatic heterocycles. The Balaban J connectivity index is 2.04. The highest BCUT2D eigenvalue weighted by atomic mass is 19.3. The van der Waals surface area contributed by atoms with Crippen LogP contribution in [-0.4, -0.2) is 53.1 Å². The molecule has 2 rings (SSSR count). The fourth-order valence-corrected chi connectivity index (χ4v) is 2.08. The molecule has 7 heteroatoms. The van der Waals surface area contributed by atoms with E-state index in [-0.39, 0.29) is 23.9 Å². The molecule has 1 saturated heterocycles. The number of aliphatic hydroxyl groups is 1. The molecule has 1 atom stereocenters. The van der Waals surface area contributed by atoms with Gasteiger partial charge in [-0.3, -0.25) is 9.78 Å². The van der Waals surface area contributed by atoms with Gasteiger partial charge in [-0.25, -0.2) is 8.78 Å². The van der Waals surface area contributed by atoms with Crippen LogP contribution in [0.5, 0.6) is 5.75 Å². The van der Waals surface area contributed by atoms with Crippen molar-refractivity contribution in [2.45, 2.75) is 25.4 Å². The Morgan fingerprint density at radius 1 is 1.60 bits per heavy atom. The second-order valence-electron chi connectivity index (χ2n) is 4.63. The summed E-state index contributed by atoms with van der Waals surface area (Å²) in [4.78, 5) is 17.6. The summed E-state index contributed by atoms with van der Waals surface area (Å²) in [6.45, 7) is 0.0996. The Morgan fingerprint density at radius 2 is 2.40 bits per heavy atom. The van der Waals surface area contributed by atoms with Gasteiger partial charge in [0.25, 0.3) is 12.3 Å². The summed E-state index contributed by atoms with van der Waals surface area (Å²) >= 11 is 0. The molecule has 0 spiro atoms. The van der Waals surface area contributed by atoms with Crippen molar-refractivity contribution in [1.82, 2.24) is 9.88 Å². The van der Waals surface area contributed by atoms with E-state index >= 15 is 0 Å². The molecule has 1 N–H and O–H groups in total. The molecule has 5 nitrogen and oxygen atoms in total. The number of carbonyl (C=O) groups is 1. The number of ether oxygens (including phenoxy) is 1. The monoisotopic (exact) mass is 286 g/mol. The van der Waals surface area contributed by atoms with Crippen molar-refractivity contribution in [2.75, 3.05) is 19.7 Å². The number of likely N-dealkylation sites (tertiary alicyclic amines) is 1. The molecule has 1 fully saturated rings. The van der Waals surface area contributed by atoms with E-state index in [0.717, 1.165) is 6.42 Å². The minimum absolute atomic E-state index is 0.130. The summed E-state index contributed by atoms with van der Waals surface area (Å²) in [5.74, 6) is -0.146. The highest BCUT2D eigenvalue weighted by molar-refractivity contribution is 5.92. The number of alkyl halides is 2. The first-order valence-corrected chi connectivity index (χ1v) is 6.40. The Labute approximate surface area is 115 Å². The van der Waals surface area contributed by atoms with Crippen LogP contribution in [0, 0.1) is 0 Å². The normalized spacial score (nSPS) is 19.2. The molecule has 1 aromatic rings. The van der Waals surface area contributed by atoms with E-state index in [0.29, 0.717) is 13.0 Å². The van der Waals surface area contributed by atoms with Crippen molar-refractivity contribution in [3.05, 3.63) is 24.0 Å². The molecule has 1 amide bonds. The summed E-state index contributed by atoms with van der Waals surface area (Å²) in [5, 5.41) is 9.55. The first-order valence-electron chi connectivity index (χ1n) is 6.40. The molecule has 1 aliphatic rings. The highest BCUT2D eigenvalue weighted by Crippen LogP contribution is 2.16. The van der Waals surface area contributed by atoms with Gasteiger partial charge >= 0.3 is 0 Å². The SMILES string of the molecule is O=C(c1cc(OCC(F)F)ccn1)N1CCCC(O)C1. The number of aromatic nitrogens is 1. The van der Waals surface area contributed by atoms with Crippen LogP contribution in [0.25, 0.3) is 0 Å². The zero-order valence-electron chi connectivity index (χ0n) is 10.8. The maximum absolute atomic E-state index is 12.2. The largest absolute Gasteiger partial charge is 0.488 e. The fourth-order valence-electron chi connectivity index (χ4n) is 2.08. The van der Waals surface area contributed by atoms with Crippen molar-refractivity contribution in [3.8, 4) is 5.75 Å². The van der Waals surface area contributed by atoms with Crippen molar-refractivity contribution in [3.63, 3.8) is 0 Å². The standard InChI is InChI=1S/C13H16F2N2O3/c14-12(15)8-20-10-3-4-16-11(6-10)13(19)17-5-1-2-9(18)7-17/h3-4,6,9,12,18H,1-2,5,7-8H2. The molecule has 20 heavy (non-hydrogen) atoms. The van der Waals surface area contributed by atoms with Crippen molar-refractivity contribution in [2.24, 2.45) is 0 Å². The smallest absolute Gasteiger partial charge is 0.272 e. The average molecular weight is 286 g/mol. The van der Waals surface area contributed by atoms with E-state index in [4.69, 9.17) is 4.74 Å². The zero-order chi connectivity index (χ0) is 14.5. The van der Waals surface area contributed by atoms with Crippen LogP contribution in [0.1, 0.15) is 23.3 Å². The van der Waals surface area contributed by atoms with Gasteiger partial charge in [0.05, 0.1) is 6.10 Å². The number of β-amino-alcohol motifs (C(OH)–C–C–N with tert-alkyl or cyclic N) is 1. The van der Waals surface area contributed by atoms with E-state index in [1.54, 1.807) is 0 Å².